The maximum absolute atomic E-state index is 15.3. The summed E-state index contributed by atoms with van der Waals surface area (Å²) in [5.41, 5.74) is 13.0. The van der Waals surface area contributed by atoms with Crippen molar-refractivity contribution in [3.05, 3.63) is 90.1 Å². The fourth-order valence-electron chi connectivity index (χ4n) is 15.8. The second-order valence-electron chi connectivity index (χ2n) is 34.1. The minimum atomic E-state index is -1.83. The molecule has 0 spiro atoms. The van der Waals surface area contributed by atoms with Gasteiger partial charge >= 0.3 is 55.7 Å². The zero-order valence-corrected chi connectivity index (χ0v) is 80.4. The van der Waals surface area contributed by atoms with E-state index in [9.17, 15) is 83.1 Å². The summed E-state index contributed by atoms with van der Waals surface area (Å²) in [6, 6.07) is -2.34. The summed E-state index contributed by atoms with van der Waals surface area (Å²) in [6.07, 6.45) is 0.835. The van der Waals surface area contributed by atoms with E-state index in [1.54, 1.807) is 86.5 Å². The number of aliphatic carboxylic acids is 5. The van der Waals surface area contributed by atoms with Crippen molar-refractivity contribution in [1.82, 2.24) is 114 Å². The van der Waals surface area contributed by atoms with Gasteiger partial charge < -0.3 is 126 Å². The number of hydrogen-bond donors (Lipinski definition) is 25. The number of aromatic amines is 2. The van der Waals surface area contributed by atoms with E-state index in [-0.39, 0.29) is 194 Å². The van der Waals surface area contributed by atoms with Crippen molar-refractivity contribution in [3.63, 3.8) is 0 Å². The number of nitrogens with one attached hydrogen (secondary N) is 18. The molecule has 49 nitrogen and oxygen atoms in total. The van der Waals surface area contributed by atoms with Crippen LogP contribution in [0.3, 0.4) is 0 Å². The molecule has 13 amide bonds. The number of rotatable bonds is 32. The van der Waals surface area contributed by atoms with Crippen LogP contribution >= 0.6 is 0 Å². The standard InChI is InChI=1S/C87H130N26O23.In/c1-4-5-19-58-78(129)103-60(25-26-69(116)117)80(131)106-64(41-54-44-92-50-98-54)82(133)104-62(39-52-16-7-6-8-17-52)81(132)102-59(22-13-28-94-86(88)89)79(130)105-63(40-53-43-96-56-20-10-9-18-55(53)56)76(127)97-45-67(114)100-61(23-14-29-95-87(90)91)85(136)113-30-15-24-66(113)83(134)108-74(51(2)3)84(135)107-65(42-70(118)119)75(126)93-27-12-11-21-57(77(128)101-58)99-68(115)46-109-31-33-110(47-71(120)121)35-37-112(49-73(124)125)38-36-111(34-32-109)48-72(122)123;/h6-10,16-18,20,43-44,50-51,57-66,74,96H,4-5,11-15,19,21-42,45-49H2,1-3H3,(H,92,98)(H,93,126)(H,97,127)(H,99,115)(H,100,114)(H,101,128)(H,102,132)(H,103,129)(H,104,133)(H,105,130)(H,106,131)(H,107,135)(H,108,134)(H,116,117)(H,118,119)(H,120,121)(H,122,123)(H,124,125)(H4,88,89,94)(H4,90,91,95);/q;+3/t57-,58-,59-,60-,61-,62-,63-,64-,65+,66-,74-;/m0./s1/i;1-4. The molecule has 5 heterocycles. The molecule has 0 saturated carbocycles. The number of carbonyl (C=O) groups excluding carboxylic acids is 13. The molecule has 3 aliphatic heterocycles. The molecule has 50 heteroatoms. The fourth-order valence-corrected chi connectivity index (χ4v) is 15.8. The summed E-state index contributed by atoms with van der Waals surface area (Å²) in [5.74, 6) is -20.9. The number of benzene rings is 2. The number of amides is 13. The van der Waals surface area contributed by atoms with Crippen LogP contribution in [0.15, 0.2) is 73.3 Å². The van der Waals surface area contributed by atoms with Gasteiger partial charge in [-0.2, -0.15) is 0 Å². The molecule has 3 aliphatic rings. The van der Waals surface area contributed by atoms with Crippen LogP contribution < -0.4 is 85.9 Å². The zero-order chi connectivity index (χ0) is 99.5. The molecule has 746 valence electrons. The molecule has 3 saturated heterocycles. The third-order valence-electron chi connectivity index (χ3n) is 23.0. The maximum atomic E-state index is 15.3. The normalized spacial score (nSPS) is 22.8. The van der Waals surface area contributed by atoms with Crippen molar-refractivity contribution in [2.75, 3.05) is 111 Å². The Morgan fingerprint density at radius 2 is 0.971 bits per heavy atom. The van der Waals surface area contributed by atoms with Crippen LogP contribution in [-0.2, 0) is 106 Å². The number of carboxylic acids is 5. The van der Waals surface area contributed by atoms with Crippen molar-refractivity contribution in [3.8, 4) is 0 Å². The quantitative estimate of drug-likeness (QED) is 0.0123. The molecule has 2 aromatic heterocycles. The third kappa shape index (κ3) is 40.0. The number of hydrogen-bond acceptors (Lipinski definition) is 25. The van der Waals surface area contributed by atoms with Gasteiger partial charge in [-0.1, -0.05) is 82.1 Å². The molecular weight excluding hydrogens is 1890 g/mol. The van der Waals surface area contributed by atoms with Gasteiger partial charge in [-0.3, -0.25) is 117 Å². The van der Waals surface area contributed by atoms with E-state index >= 15 is 28.8 Å². The number of carbonyl (C=O) groups is 18. The van der Waals surface area contributed by atoms with Crippen molar-refractivity contribution >= 4 is 155 Å². The number of guanidine groups is 2. The first-order valence-corrected chi connectivity index (χ1v) is 45.4. The van der Waals surface area contributed by atoms with E-state index < -0.39 is 249 Å². The van der Waals surface area contributed by atoms with Crippen molar-refractivity contribution in [2.45, 2.75) is 203 Å². The molecule has 7 rings (SSSR count). The van der Waals surface area contributed by atoms with Gasteiger partial charge in [-0.25, -0.2) is 4.98 Å². The largest absolute Gasteiger partial charge is 3.00 e. The number of H-pyrrole nitrogens is 2. The molecule has 137 heavy (non-hydrogen) atoms. The van der Waals surface area contributed by atoms with Crippen molar-refractivity contribution < 1.29 is 112 Å². The molecule has 3 fully saturated rings. The Morgan fingerprint density at radius 3 is 1.50 bits per heavy atom. The van der Waals surface area contributed by atoms with Gasteiger partial charge in [0.15, 0.2) is 11.9 Å². The van der Waals surface area contributed by atoms with Crippen LogP contribution in [0.4, 0.5) is 0 Å². The predicted molar refractivity (Wildman–Crippen MR) is 495 cm³/mol. The summed E-state index contributed by atoms with van der Waals surface area (Å²) in [6.45, 7) is 1.80. The van der Waals surface area contributed by atoms with Crippen LogP contribution in [0.5, 0.6) is 0 Å². The Morgan fingerprint density at radius 1 is 0.482 bits per heavy atom. The number of nitrogens with zero attached hydrogens (tertiary/aromatic N) is 6. The minimum absolute atomic E-state index is 0. The monoisotopic (exact) mass is 2020 g/mol. The van der Waals surface area contributed by atoms with Crippen LogP contribution in [0.1, 0.15) is 134 Å². The van der Waals surface area contributed by atoms with Crippen LogP contribution in [-0.4, -0.2) is 387 Å². The van der Waals surface area contributed by atoms with E-state index in [1.165, 1.54) is 32.1 Å². The Balaban J connectivity index is 0.0000288. The molecular formula is C87H130InN26O23+3. The third-order valence-corrected chi connectivity index (χ3v) is 23.0. The van der Waals surface area contributed by atoms with E-state index in [4.69, 9.17) is 22.3 Å². The summed E-state index contributed by atoms with van der Waals surface area (Å²) >= 11 is 0. The smallest absolute Gasteiger partial charge is 0.481 e. The summed E-state index contributed by atoms with van der Waals surface area (Å²) in [5, 5.41) is 103. The molecule has 0 unspecified atom stereocenters. The van der Waals surface area contributed by atoms with E-state index in [1.807, 2.05) is 0 Å². The number of fused-ring (bicyclic) bond motifs is 2. The summed E-state index contributed by atoms with van der Waals surface area (Å²) < 4.78 is 0. The van der Waals surface area contributed by atoms with Crippen LogP contribution in [0.2, 0.25) is 0 Å². The van der Waals surface area contributed by atoms with Gasteiger partial charge in [0.2, 0.25) is 76.8 Å². The van der Waals surface area contributed by atoms with Gasteiger partial charge in [-0.15, -0.1) is 0 Å². The van der Waals surface area contributed by atoms with Gasteiger partial charge in [0.05, 0.1) is 45.5 Å². The Hall–Kier alpha value is -13.1. The van der Waals surface area contributed by atoms with E-state index in [0.29, 0.717) is 28.5 Å². The van der Waals surface area contributed by atoms with Gasteiger partial charge in [0, 0.05) is 133 Å². The summed E-state index contributed by atoms with van der Waals surface area (Å²) in [4.78, 5) is 272. The first-order valence-electron chi connectivity index (χ1n) is 45.4. The molecule has 4 aromatic rings. The van der Waals surface area contributed by atoms with Gasteiger partial charge in [0.25, 0.3) is 0 Å². The van der Waals surface area contributed by atoms with Crippen molar-refractivity contribution in [1.29, 1.82) is 10.8 Å². The minimum Gasteiger partial charge on any atom is -0.481 e. The summed E-state index contributed by atoms with van der Waals surface area (Å²) in [7, 11) is 0. The second kappa shape index (κ2) is 58.4. The molecule has 27 N–H and O–H groups in total. The second-order valence-corrected chi connectivity index (χ2v) is 34.1. The molecule has 0 bridgehead atoms. The van der Waals surface area contributed by atoms with E-state index in [2.05, 4.69) is 89.4 Å². The average molecular weight is 2020 g/mol. The number of unbranched alkanes of at least 4 members (excludes halogenated alkanes) is 1. The Bertz CT molecular complexity index is 4750. The number of nitrogens with two attached hydrogens (primary N) is 2. The average Bonchev–Trinajstić information content (AvgIpc) is 1.42. The number of carboxylic acid groups (broad SMARTS) is 5. The Kier molecular flexibility index (Phi) is 48.0. The van der Waals surface area contributed by atoms with Crippen LogP contribution in [0.25, 0.3) is 10.9 Å². The SMILES string of the molecule is CCCC[C@@H]1NC(=O)[C@@H](NC(=O)CN2CCN(CC(=O)O)CCN(CC(=O)O)CCN(CC(=O)O)CC2)CCCCNC(=O)[C@@H](CC(=O)O)NC(=O)[C@H](C(C)C)NC(=O)[C@@H]2CCCN2C(=O)[C@H](CCCNC(=N)N)NC(=O)CNC(=O)[C@H](Cc2c[nH]c3ccccc23)NC(=O)[C@H](CCCNC(=N)N)NC(=O)[C@H](Cc2ccccc2)NC(=O)[C@H](Cc2cnc[nH]2)NC(=O)[C@H](CCC(=O)O)NC1=O.[111In+3]. The first kappa shape index (κ1) is 113. The molecule has 2 aromatic carbocycles. The molecule has 0 radical (unpaired) electrons. The van der Waals surface area contributed by atoms with Crippen molar-refractivity contribution in [2.24, 2.45) is 17.4 Å². The topological polar surface area (TPSA) is 737 Å². The molecule has 0 aliphatic carbocycles. The van der Waals surface area contributed by atoms with Gasteiger partial charge in [0.1, 0.15) is 66.5 Å². The van der Waals surface area contributed by atoms with Gasteiger partial charge in [-0.05, 0) is 93.7 Å². The van der Waals surface area contributed by atoms with Crippen LogP contribution in [0, 0.1) is 16.7 Å². The maximum Gasteiger partial charge on any atom is 3.00 e. The first-order chi connectivity index (χ1) is 64.8. The fraction of sp³-hybridized carbons (Fsp3) is 0.575. The number of para-hydroxylation sites is 1. The number of aromatic nitrogens is 3. The molecule has 11 atom stereocenters. The predicted octanol–water partition coefficient (Wildman–Crippen LogP) is -6.02. The number of imidazole rings is 1. The zero-order valence-electron chi connectivity index (χ0n) is 77.1. The Labute approximate surface area is 809 Å². The van der Waals surface area contributed by atoms with E-state index in [0.717, 1.165) is 0 Å².